The van der Waals surface area contributed by atoms with Gasteiger partial charge in [0.25, 0.3) is 0 Å². The Kier molecular flexibility index (Phi) is 3.45. The maximum Gasteiger partial charge on any atom is 0.178 e. The summed E-state index contributed by atoms with van der Waals surface area (Å²) in [5.41, 5.74) is 5.92. The average Bonchev–Trinajstić information content (AvgIpc) is 2.76. The molecular formula is C12H15FN4O. The molecule has 0 bridgehead atoms. The summed E-state index contributed by atoms with van der Waals surface area (Å²) in [4.78, 5) is 4.08. The van der Waals surface area contributed by atoms with Gasteiger partial charge in [0.1, 0.15) is 12.9 Å². The number of nitrogens with zero attached hydrogens (tertiary/aromatic N) is 3. The molecule has 2 rings (SSSR count). The van der Waals surface area contributed by atoms with Gasteiger partial charge in [-0.25, -0.2) is 14.1 Å². The number of anilines is 1. The second-order valence-corrected chi connectivity index (χ2v) is 4.16. The predicted octanol–water partition coefficient (Wildman–Crippen LogP) is 2.16. The number of aromatic nitrogens is 3. The largest absolute Gasteiger partial charge is 0.480 e. The van der Waals surface area contributed by atoms with Crippen LogP contribution in [-0.2, 0) is 6.61 Å². The van der Waals surface area contributed by atoms with Gasteiger partial charge >= 0.3 is 0 Å². The fourth-order valence-corrected chi connectivity index (χ4v) is 1.62. The molecule has 2 aromatic rings. The highest BCUT2D eigenvalue weighted by Gasteiger charge is 2.11. The molecular weight excluding hydrogens is 235 g/mol. The smallest absolute Gasteiger partial charge is 0.178 e. The summed E-state index contributed by atoms with van der Waals surface area (Å²) in [5, 5.41) is 4.07. The molecule has 0 saturated heterocycles. The molecule has 2 N–H and O–H groups in total. The van der Waals surface area contributed by atoms with E-state index in [2.05, 4.69) is 10.1 Å². The van der Waals surface area contributed by atoms with E-state index in [0.717, 1.165) is 0 Å². The molecule has 0 saturated carbocycles. The van der Waals surface area contributed by atoms with E-state index in [9.17, 15) is 4.39 Å². The molecule has 5 nitrogen and oxygen atoms in total. The van der Waals surface area contributed by atoms with Crippen LogP contribution in [0.1, 0.15) is 25.7 Å². The van der Waals surface area contributed by atoms with E-state index in [-0.39, 0.29) is 24.1 Å². The first kappa shape index (κ1) is 12.3. The Balaban J connectivity index is 2.14. The van der Waals surface area contributed by atoms with Crippen molar-refractivity contribution in [3.05, 3.63) is 36.2 Å². The molecule has 18 heavy (non-hydrogen) atoms. The summed E-state index contributed by atoms with van der Waals surface area (Å²) < 4.78 is 20.6. The van der Waals surface area contributed by atoms with Gasteiger partial charge in [-0.15, -0.1) is 0 Å². The van der Waals surface area contributed by atoms with E-state index >= 15 is 0 Å². The maximum absolute atomic E-state index is 13.5. The van der Waals surface area contributed by atoms with Crippen LogP contribution < -0.4 is 10.5 Å². The normalized spacial score (nSPS) is 10.9. The van der Waals surface area contributed by atoms with E-state index < -0.39 is 5.82 Å². The van der Waals surface area contributed by atoms with Crippen LogP contribution >= 0.6 is 0 Å². The Morgan fingerprint density at radius 3 is 2.89 bits per heavy atom. The number of nitrogen functional groups attached to an aromatic ring is 1. The first-order chi connectivity index (χ1) is 8.59. The minimum absolute atomic E-state index is 0.0517. The standard InChI is InChI=1S/C12H15FN4O/c1-8(2)17-11(15-7-16-17)6-18-12-9(13)4-3-5-10(12)14/h3-5,7-8H,6,14H2,1-2H3. The number of para-hydroxylation sites is 1. The van der Waals surface area contributed by atoms with Crippen molar-refractivity contribution in [2.45, 2.75) is 26.5 Å². The van der Waals surface area contributed by atoms with E-state index in [1.54, 1.807) is 10.7 Å². The first-order valence-electron chi connectivity index (χ1n) is 5.64. The monoisotopic (exact) mass is 250 g/mol. The van der Waals surface area contributed by atoms with Gasteiger partial charge in [-0.05, 0) is 26.0 Å². The van der Waals surface area contributed by atoms with Crippen LogP contribution in [0.4, 0.5) is 10.1 Å². The molecule has 0 amide bonds. The van der Waals surface area contributed by atoms with Crippen LogP contribution in [-0.4, -0.2) is 14.8 Å². The second-order valence-electron chi connectivity index (χ2n) is 4.16. The van der Waals surface area contributed by atoms with Crippen LogP contribution in [0.25, 0.3) is 0 Å². The Morgan fingerprint density at radius 1 is 1.44 bits per heavy atom. The molecule has 0 radical (unpaired) electrons. The Hall–Kier alpha value is -2.11. The Morgan fingerprint density at radius 2 is 2.22 bits per heavy atom. The summed E-state index contributed by atoms with van der Waals surface area (Å²) in [7, 11) is 0. The zero-order valence-corrected chi connectivity index (χ0v) is 10.3. The molecule has 0 aliphatic carbocycles. The summed E-state index contributed by atoms with van der Waals surface area (Å²) >= 11 is 0. The number of benzene rings is 1. The zero-order valence-electron chi connectivity index (χ0n) is 10.3. The molecule has 1 heterocycles. The maximum atomic E-state index is 13.5. The summed E-state index contributed by atoms with van der Waals surface area (Å²) in [6.45, 7) is 4.09. The first-order valence-corrected chi connectivity index (χ1v) is 5.64. The Bertz CT molecular complexity index is 518. The van der Waals surface area contributed by atoms with Gasteiger partial charge in [-0.2, -0.15) is 5.10 Å². The summed E-state index contributed by atoms with van der Waals surface area (Å²) in [5.74, 6) is 0.203. The van der Waals surface area contributed by atoms with Crippen molar-refractivity contribution in [1.82, 2.24) is 14.8 Å². The highest BCUT2D eigenvalue weighted by molar-refractivity contribution is 5.52. The number of ether oxygens (including phenoxy) is 1. The van der Waals surface area contributed by atoms with Gasteiger partial charge in [-0.1, -0.05) is 6.07 Å². The molecule has 0 fully saturated rings. The lowest BCUT2D eigenvalue weighted by Gasteiger charge is -2.12. The van der Waals surface area contributed by atoms with Crippen molar-refractivity contribution in [3.8, 4) is 5.75 Å². The van der Waals surface area contributed by atoms with Crippen molar-refractivity contribution < 1.29 is 9.13 Å². The third-order valence-corrected chi connectivity index (χ3v) is 2.48. The van der Waals surface area contributed by atoms with Gasteiger partial charge in [0.15, 0.2) is 17.4 Å². The lowest BCUT2D eigenvalue weighted by atomic mass is 10.3. The van der Waals surface area contributed by atoms with Crippen LogP contribution in [0.3, 0.4) is 0 Å². The number of nitrogens with two attached hydrogens (primary N) is 1. The third-order valence-electron chi connectivity index (χ3n) is 2.48. The molecule has 0 aliphatic rings. The fraction of sp³-hybridized carbons (Fsp3) is 0.333. The van der Waals surface area contributed by atoms with E-state index in [1.807, 2.05) is 13.8 Å². The minimum Gasteiger partial charge on any atom is -0.480 e. The van der Waals surface area contributed by atoms with Crippen LogP contribution in [0, 0.1) is 5.82 Å². The quantitative estimate of drug-likeness (QED) is 0.844. The summed E-state index contributed by atoms with van der Waals surface area (Å²) in [6, 6.07) is 4.60. The lowest BCUT2D eigenvalue weighted by Crippen LogP contribution is -2.11. The van der Waals surface area contributed by atoms with E-state index in [1.165, 1.54) is 18.5 Å². The van der Waals surface area contributed by atoms with Crippen LogP contribution in [0.15, 0.2) is 24.5 Å². The second kappa shape index (κ2) is 5.03. The van der Waals surface area contributed by atoms with E-state index in [4.69, 9.17) is 10.5 Å². The predicted molar refractivity (Wildman–Crippen MR) is 65.6 cm³/mol. The van der Waals surface area contributed by atoms with Crippen molar-refractivity contribution in [2.75, 3.05) is 5.73 Å². The molecule has 6 heteroatoms. The van der Waals surface area contributed by atoms with Crippen LogP contribution in [0.5, 0.6) is 5.75 Å². The minimum atomic E-state index is -0.481. The van der Waals surface area contributed by atoms with Crippen molar-refractivity contribution >= 4 is 5.69 Å². The lowest BCUT2D eigenvalue weighted by molar-refractivity contribution is 0.271. The topological polar surface area (TPSA) is 66.0 Å². The molecule has 0 unspecified atom stereocenters. The van der Waals surface area contributed by atoms with Gasteiger partial charge in [0.2, 0.25) is 0 Å². The molecule has 1 aromatic heterocycles. The van der Waals surface area contributed by atoms with Gasteiger partial charge in [-0.3, -0.25) is 0 Å². The van der Waals surface area contributed by atoms with Crippen molar-refractivity contribution in [1.29, 1.82) is 0 Å². The zero-order chi connectivity index (χ0) is 13.1. The SMILES string of the molecule is CC(C)n1ncnc1COc1c(N)cccc1F. The number of halogens is 1. The van der Waals surface area contributed by atoms with Gasteiger partial charge in [0, 0.05) is 6.04 Å². The van der Waals surface area contributed by atoms with Crippen LogP contribution in [0.2, 0.25) is 0 Å². The molecule has 0 atom stereocenters. The molecule has 1 aromatic carbocycles. The third kappa shape index (κ3) is 2.42. The van der Waals surface area contributed by atoms with Crippen molar-refractivity contribution in [2.24, 2.45) is 0 Å². The molecule has 0 spiro atoms. The molecule has 96 valence electrons. The number of hydrogen-bond acceptors (Lipinski definition) is 4. The highest BCUT2D eigenvalue weighted by Crippen LogP contribution is 2.25. The Labute approximate surface area is 104 Å². The number of rotatable bonds is 4. The average molecular weight is 250 g/mol. The highest BCUT2D eigenvalue weighted by atomic mass is 19.1. The number of hydrogen-bond donors (Lipinski definition) is 1. The van der Waals surface area contributed by atoms with Gasteiger partial charge < -0.3 is 10.5 Å². The van der Waals surface area contributed by atoms with Crippen molar-refractivity contribution in [3.63, 3.8) is 0 Å². The molecule has 0 aliphatic heterocycles. The van der Waals surface area contributed by atoms with Gasteiger partial charge in [0.05, 0.1) is 5.69 Å². The summed E-state index contributed by atoms with van der Waals surface area (Å²) in [6.07, 6.45) is 1.45. The fourth-order valence-electron chi connectivity index (χ4n) is 1.62. The van der Waals surface area contributed by atoms with E-state index in [0.29, 0.717) is 5.82 Å².